The third kappa shape index (κ3) is 7.05. The quantitative estimate of drug-likeness (QED) is 0.130. The molecular formula is C68H53BN4. The molecule has 0 atom stereocenters. The van der Waals surface area contributed by atoms with Gasteiger partial charge in [-0.15, -0.1) is 0 Å². The molecule has 73 heavy (non-hydrogen) atoms. The van der Waals surface area contributed by atoms with Gasteiger partial charge in [0.15, 0.2) is 5.82 Å². The lowest BCUT2D eigenvalue weighted by Gasteiger charge is -2.44. The summed E-state index contributed by atoms with van der Waals surface area (Å²) in [7, 11) is 0. The van der Waals surface area contributed by atoms with Crippen LogP contribution in [0.2, 0.25) is 0 Å². The zero-order valence-electron chi connectivity index (χ0n) is 42.1. The Labute approximate surface area is 427 Å². The molecule has 11 aromatic carbocycles. The highest BCUT2D eigenvalue weighted by atomic mass is 15.2. The molecule has 5 heteroatoms. The third-order valence-corrected chi connectivity index (χ3v) is 15.6. The molecule has 0 fully saturated rings. The van der Waals surface area contributed by atoms with Crippen LogP contribution in [0, 0.1) is 0 Å². The molecule has 0 unspecified atom stereocenters. The van der Waals surface area contributed by atoms with E-state index in [2.05, 4.69) is 264 Å². The standard InChI is InChI=1S/C68H53BN4/c1-67(2,3)52-24-28-54(29-25-52)72-60-38-49-34-45-20-12-10-18-43(45)32-47(49)36-57(60)69-58-37-48-33-44-19-11-13-21-46(44)35-50(48)39-61(58)73(55-30-26-53(27-31-55)68(4,5)6)63-41-51(40-62(72)64(63)69)66-70-59-23-15-14-22-56(59)65(71-66)42-16-8-7-9-17-42/h7-41H,1-6H3. The van der Waals surface area contributed by atoms with Crippen LogP contribution in [-0.4, -0.2) is 16.7 Å². The molecule has 348 valence electrons. The zero-order chi connectivity index (χ0) is 49.3. The van der Waals surface area contributed by atoms with E-state index in [4.69, 9.17) is 9.97 Å². The summed E-state index contributed by atoms with van der Waals surface area (Å²) in [6.45, 7) is 13.6. The average molecular weight is 937 g/mol. The number of aromatic nitrogens is 2. The molecule has 2 aliphatic rings. The van der Waals surface area contributed by atoms with Crippen molar-refractivity contribution < 1.29 is 0 Å². The van der Waals surface area contributed by atoms with Crippen molar-refractivity contribution in [2.45, 2.75) is 52.4 Å². The molecule has 0 amide bonds. The minimum atomic E-state index is -0.108. The van der Waals surface area contributed by atoms with E-state index in [1.807, 2.05) is 0 Å². The fourth-order valence-electron chi connectivity index (χ4n) is 11.8. The molecule has 0 aliphatic carbocycles. The molecule has 0 N–H and O–H groups in total. The highest BCUT2D eigenvalue weighted by molar-refractivity contribution is 7.00. The van der Waals surface area contributed by atoms with Crippen molar-refractivity contribution in [1.82, 2.24) is 9.97 Å². The molecule has 14 rings (SSSR count). The van der Waals surface area contributed by atoms with Gasteiger partial charge in [-0.3, -0.25) is 0 Å². The summed E-state index contributed by atoms with van der Waals surface area (Å²) in [4.78, 5) is 16.1. The second-order valence-corrected chi connectivity index (χ2v) is 22.3. The Morgan fingerprint density at radius 3 is 1.25 bits per heavy atom. The number of hydrogen-bond acceptors (Lipinski definition) is 4. The van der Waals surface area contributed by atoms with Gasteiger partial charge >= 0.3 is 0 Å². The average Bonchev–Trinajstić information content (AvgIpc) is 3.40. The Morgan fingerprint density at radius 1 is 0.356 bits per heavy atom. The van der Waals surface area contributed by atoms with E-state index in [-0.39, 0.29) is 17.5 Å². The lowest BCUT2D eigenvalue weighted by molar-refractivity contribution is 0.590. The van der Waals surface area contributed by atoms with Gasteiger partial charge in [-0.2, -0.15) is 0 Å². The monoisotopic (exact) mass is 936 g/mol. The third-order valence-electron chi connectivity index (χ3n) is 15.6. The number of rotatable bonds is 4. The van der Waals surface area contributed by atoms with Crippen LogP contribution in [0.3, 0.4) is 0 Å². The van der Waals surface area contributed by atoms with Crippen LogP contribution in [0.15, 0.2) is 212 Å². The predicted octanol–water partition coefficient (Wildman–Crippen LogP) is 16.3. The summed E-state index contributed by atoms with van der Waals surface area (Å²) >= 11 is 0. The molecule has 0 saturated heterocycles. The Morgan fingerprint density at radius 2 is 0.781 bits per heavy atom. The summed E-state index contributed by atoms with van der Waals surface area (Å²) in [5.74, 6) is 0.686. The Bertz CT molecular complexity index is 4010. The van der Waals surface area contributed by atoms with E-state index < -0.39 is 0 Å². The first-order valence-corrected chi connectivity index (χ1v) is 25.7. The number of benzene rings is 11. The van der Waals surface area contributed by atoms with Crippen molar-refractivity contribution >= 4 is 111 Å². The van der Waals surface area contributed by atoms with Crippen LogP contribution < -0.4 is 26.2 Å². The number of fused-ring (bicyclic) bond motifs is 9. The summed E-state index contributed by atoms with van der Waals surface area (Å²) in [6.07, 6.45) is 0. The van der Waals surface area contributed by atoms with Gasteiger partial charge in [0.2, 0.25) is 0 Å². The highest BCUT2D eigenvalue weighted by Crippen LogP contribution is 2.48. The Kier molecular flexibility index (Phi) is 9.47. The van der Waals surface area contributed by atoms with E-state index in [9.17, 15) is 0 Å². The van der Waals surface area contributed by atoms with Crippen molar-refractivity contribution in [3.05, 3.63) is 223 Å². The van der Waals surface area contributed by atoms with Gasteiger partial charge < -0.3 is 9.80 Å². The number of nitrogens with zero attached hydrogens (tertiary/aromatic N) is 4. The van der Waals surface area contributed by atoms with Crippen molar-refractivity contribution in [1.29, 1.82) is 0 Å². The van der Waals surface area contributed by atoms with Crippen LogP contribution in [-0.2, 0) is 10.8 Å². The van der Waals surface area contributed by atoms with Crippen molar-refractivity contribution in [2.75, 3.05) is 9.80 Å². The van der Waals surface area contributed by atoms with Crippen molar-refractivity contribution in [2.24, 2.45) is 0 Å². The van der Waals surface area contributed by atoms with Gasteiger partial charge in [0.1, 0.15) is 0 Å². The number of anilines is 6. The van der Waals surface area contributed by atoms with Crippen LogP contribution in [0.25, 0.3) is 76.6 Å². The first-order chi connectivity index (χ1) is 35.4. The van der Waals surface area contributed by atoms with Crippen molar-refractivity contribution in [3.8, 4) is 22.6 Å². The SMILES string of the molecule is CC(C)(C)c1ccc(N2c3cc4cc5ccccc5cc4cc3B3c4cc5cc6ccccc6cc5cc4N(c4ccc(C(C)(C)C)cc4)c4cc(-c5nc(-c6ccccc6)c6ccccc6n5)cc2c43)cc1. The van der Waals surface area contributed by atoms with Gasteiger partial charge in [-0.25, -0.2) is 9.97 Å². The second-order valence-electron chi connectivity index (χ2n) is 22.3. The highest BCUT2D eigenvalue weighted by Gasteiger charge is 2.44. The predicted molar refractivity (Wildman–Crippen MR) is 312 cm³/mol. The van der Waals surface area contributed by atoms with Gasteiger partial charge in [-0.05, 0) is 160 Å². The number of para-hydroxylation sites is 1. The maximum atomic E-state index is 5.56. The lowest BCUT2D eigenvalue weighted by Crippen LogP contribution is -2.61. The van der Waals surface area contributed by atoms with E-state index in [0.717, 1.165) is 50.5 Å². The maximum Gasteiger partial charge on any atom is 0.252 e. The van der Waals surface area contributed by atoms with Crippen LogP contribution in [0.1, 0.15) is 52.7 Å². The van der Waals surface area contributed by atoms with E-state index in [1.165, 1.54) is 82.0 Å². The van der Waals surface area contributed by atoms with Crippen LogP contribution in [0.4, 0.5) is 34.1 Å². The molecule has 1 aromatic heterocycles. The summed E-state index contributed by atoms with van der Waals surface area (Å²) in [6, 6.07) is 79.2. The molecular weight excluding hydrogens is 884 g/mol. The molecule has 3 heterocycles. The van der Waals surface area contributed by atoms with Crippen LogP contribution in [0.5, 0.6) is 0 Å². The maximum absolute atomic E-state index is 5.56. The molecule has 4 nitrogen and oxygen atoms in total. The zero-order valence-corrected chi connectivity index (χ0v) is 42.1. The molecule has 0 bridgehead atoms. The summed E-state index contributed by atoms with van der Waals surface area (Å²) < 4.78 is 0. The van der Waals surface area contributed by atoms with Gasteiger partial charge in [-0.1, -0.05) is 175 Å². The summed E-state index contributed by atoms with van der Waals surface area (Å²) in [5, 5.41) is 10.8. The molecule has 12 aromatic rings. The van der Waals surface area contributed by atoms with Gasteiger partial charge in [0.25, 0.3) is 6.71 Å². The van der Waals surface area contributed by atoms with Crippen LogP contribution >= 0.6 is 0 Å². The minimum absolute atomic E-state index is 0.00942. The first-order valence-electron chi connectivity index (χ1n) is 25.7. The van der Waals surface area contributed by atoms with E-state index in [1.54, 1.807) is 0 Å². The first kappa shape index (κ1) is 43.3. The number of hydrogen-bond donors (Lipinski definition) is 0. The minimum Gasteiger partial charge on any atom is -0.311 e. The fraction of sp³-hybridized carbons (Fsp3) is 0.118. The molecule has 0 spiro atoms. The van der Waals surface area contributed by atoms with Gasteiger partial charge in [0, 0.05) is 50.6 Å². The van der Waals surface area contributed by atoms with Crippen molar-refractivity contribution in [3.63, 3.8) is 0 Å². The Balaban J connectivity index is 1.13. The summed E-state index contributed by atoms with van der Waals surface area (Å²) in [5.41, 5.74) is 17.0. The van der Waals surface area contributed by atoms with E-state index >= 15 is 0 Å². The Hall–Kier alpha value is -8.54. The topological polar surface area (TPSA) is 32.3 Å². The normalized spacial score (nSPS) is 13.3. The smallest absolute Gasteiger partial charge is 0.252 e. The van der Waals surface area contributed by atoms with Gasteiger partial charge in [0.05, 0.1) is 11.2 Å². The molecule has 2 aliphatic heterocycles. The fourth-order valence-corrected chi connectivity index (χ4v) is 11.8. The van der Waals surface area contributed by atoms with E-state index in [0.29, 0.717) is 5.82 Å². The molecule has 0 radical (unpaired) electrons. The largest absolute Gasteiger partial charge is 0.311 e. The second kappa shape index (κ2) is 16.0. The molecule has 0 saturated carbocycles. The lowest BCUT2D eigenvalue weighted by atomic mass is 9.33.